The molecule has 1 heterocycles. The highest BCUT2D eigenvalue weighted by molar-refractivity contribution is 5.80. The Morgan fingerprint density at radius 1 is 1.07 bits per heavy atom. The number of rotatable bonds is 7. The van der Waals surface area contributed by atoms with Gasteiger partial charge in [0.15, 0.2) is 6.10 Å². The van der Waals surface area contributed by atoms with Gasteiger partial charge in [-0.05, 0) is 32.4 Å². The third-order valence-corrected chi connectivity index (χ3v) is 4.47. The number of ether oxygens (including phenoxy) is 1. The number of likely N-dealkylation sites (N-methyl/N-ethyl adjacent to an activating group) is 1. The first-order chi connectivity index (χ1) is 13.5. The second-order valence-corrected chi connectivity index (χ2v) is 6.90. The standard InChI is InChI=1S/C22H25N3O3/c1-5-19(27-18-12-8-16(3)9-13-18)22(26)25(4)14-20-23-21(24-28-20)17-10-6-15(2)7-11-17/h6-13,19H,5,14H2,1-4H3/t19-/m1/s1. The number of carbonyl (C=O) groups is 1. The van der Waals surface area contributed by atoms with Gasteiger partial charge in [-0.15, -0.1) is 0 Å². The van der Waals surface area contributed by atoms with E-state index in [1.807, 2.05) is 69.3 Å². The largest absolute Gasteiger partial charge is 0.481 e. The predicted molar refractivity (Wildman–Crippen MR) is 107 cm³/mol. The molecule has 0 unspecified atom stereocenters. The molecule has 146 valence electrons. The van der Waals surface area contributed by atoms with Gasteiger partial charge in [0.25, 0.3) is 5.91 Å². The Labute approximate surface area is 165 Å². The molecule has 0 radical (unpaired) electrons. The molecule has 0 saturated heterocycles. The van der Waals surface area contributed by atoms with E-state index in [0.717, 1.165) is 16.7 Å². The molecule has 0 aliphatic rings. The van der Waals surface area contributed by atoms with E-state index < -0.39 is 6.10 Å². The first kappa shape index (κ1) is 19.6. The SMILES string of the molecule is CC[C@@H](Oc1ccc(C)cc1)C(=O)N(C)Cc1nc(-c2ccc(C)cc2)no1. The smallest absolute Gasteiger partial charge is 0.263 e. The summed E-state index contributed by atoms with van der Waals surface area (Å²) in [5, 5.41) is 4.01. The third kappa shape index (κ3) is 4.76. The Balaban J connectivity index is 1.64. The van der Waals surface area contributed by atoms with Crippen LogP contribution in [0.4, 0.5) is 0 Å². The van der Waals surface area contributed by atoms with Crippen molar-refractivity contribution < 1.29 is 14.1 Å². The van der Waals surface area contributed by atoms with Gasteiger partial charge < -0.3 is 14.2 Å². The van der Waals surface area contributed by atoms with Crippen molar-refractivity contribution in [2.75, 3.05) is 7.05 Å². The van der Waals surface area contributed by atoms with Crippen LogP contribution in [0, 0.1) is 13.8 Å². The topological polar surface area (TPSA) is 68.5 Å². The Kier molecular flexibility index (Phi) is 6.09. The predicted octanol–water partition coefficient (Wildman–Crippen LogP) is 4.17. The summed E-state index contributed by atoms with van der Waals surface area (Å²) in [5.74, 6) is 1.45. The van der Waals surface area contributed by atoms with Crippen LogP contribution in [0.1, 0.15) is 30.4 Å². The summed E-state index contributed by atoms with van der Waals surface area (Å²) in [5.41, 5.74) is 3.19. The molecule has 0 aliphatic carbocycles. The van der Waals surface area contributed by atoms with Gasteiger partial charge in [-0.3, -0.25) is 4.79 Å². The Bertz CT molecular complexity index is 917. The Morgan fingerprint density at radius 2 is 1.68 bits per heavy atom. The fourth-order valence-corrected chi connectivity index (χ4v) is 2.76. The molecule has 0 fully saturated rings. The van der Waals surface area contributed by atoms with Gasteiger partial charge in [0.05, 0.1) is 6.54 Å². The van der Waals surface area contributed by atoms with Gasteiger partial charge in [-0.1, -0.05) is 59.6 Å². The highest BCUT2D eigenvalue weighted by atomic mass is 16.5. The summed E-state index contributed by atoms with van der Waals surface area (Å²) in [6.07, 6.45) is 0.00220. The van der Waals surface area contributed by atoms with Crippen LogP contribution in [0.25, 0.3) is 11.4 Å². The zero-order valence-electron chi connectivity index (χ0n) is 16.7. The van der Waals surface area contributed by atoms with E-state index in [-0.39, 0.29) is 12.5 Å². The quantitative estimate of drug-likeness (QED) is 0.616. The molecule has 0 bridgehead atoms. The normalized spacial score (nSPS) is 11.9. The molecular formula is C22H25N3O3. The van der Waals surface area contributed by atoms with Crippen molar-refractivity contribution in [3.8, 4) is 17.1 Å². The Morgan fingerprint density at radius 3 is 2.29 bits per heavy atom. The van der Waals surface area contributed by atoms with Crippen LogP contribution >= 0.6 is 0 Å². The fourth-order valence-electron chi connectivity index (χ4n) is 2.76. The summed E-state index contributed by atoms with van der Waals surface area (Å²) in [4.78, 5) is 18.7. The van der Waals surface area contributed by atoms with Gasteiger partial charge in [0.1, 0.15) is 5.75 Å². The number of hydrogen-bond acceptors (Lipinski definition) is 5. The third-order valence-electron chi connectivity index (χ3n) is 4.47. The van der Waals surface area contributed by atoms with Crippen molar-refractivity contribution in [1.29, 1.82) is 0 Å². The molecule has 1 aromatic heterocycles. The molecule has 28 heavy (non-hydrogen) atoms. The van der Waals surface area contributed by atoms with Crippen LogP contribution in [0.5, 0.6) is 5.75 Å². The van der Waals surface area contributed by atoms with Gasteiger partial charge in [0.2, 0.25) is 11.7 Å². The first-order valence-electron chi connectivity index (χ1n) is 9.34. The van der Waals surface area contributed by atoms with E-state index in [1.165, 1.54) is 0 Å². The van der Waals surface area contributed by atoms with Crippen molar-refractivity contribution in [2.24, 2.45) is 0 Å². The summed E-state index contributed by atoms with van der Waals surface area (Å²) in [6.45, 7) is 6.18. The van der Waals surface area contributed by atoms with Gasteiger partial charge >= 0.3 is 0 Å². The molecule has 0 saturated carbocycles. The van der Waals surface area contributed by atoms with Crippen molar-refractivity contribution >= 4 is 5.91 Å². The maximum atomic E-state index is 12.8. The molecule has 3 rings (SSSR count). The lowest BCUT2D eigenvalue weighted by Crippen LogP contribution is -2.39. The number of benzene rings is 2. The van der Waals surface area contributed by atoms with E-state index in [1.54, 1.807) is 11.9 Å². The van der Waals surface area contributed by atoms with E-state index >= 15 is 0 Å². The van der Waals surface area contributed by atoms with Crippen molar-refractivity contribution in [3.05, 3.63) is 65.5 Å². The van der Waals surface area contributed by atoms with Crippen LogP contribution in [-0.4, -0.2) is 34.1 Å². The zero-order chi connectivity index (χ0) is 20.1. The summed E-state index contributed by atoms with van der Waals surface area (Å²) in [7, 11) is 1.71. The van der Waals surface area contributed by atoms with Crippen LogP contribution < -0.4 is 4.74 Å². The summed E-state index contributed by atoms with van der Waals surface area (Å²) < 4.78 is 11.2. The van der Waals surface area contributed by atoms with Gasteiger partial charge in [-0.25, -0.2) is 0 Å². The molecule has 0 N–H and O–H groups in total. The van der Waals surface area contributed by atoms with E-state index in [2.05, 4.69) is 10.1 Å². The minimum atomic E-state index is -0.563. The van der Waals surface area contributed by atoms with Gasteiger partial charge in [0, 0.05) is 12.6 Å². The molecule has 1 amide bonds. The monoisotopic (exact) mass is 379 g/mol. The lowest BCUT2D eigenvalue weighted by atomic mass is 10.1. The average molecular weight is 379 g/mol. The minimum absolute atomic E-state index is 0.127. The second kappa shape index (κ2) is 8.69. The van der Waals surface area contributed by atoms with E-state index in [4.69, 9.17) is 9.26 Å². The lowest BCUT2D eigenvalue weighted by Gasteiger charge is -2.22. The van der Waals surface area contributed by atoms with E-state index in [9.17, 15) is 4.79 Å². The number of aromatic nitrogens is 2. The average Bonchev–Trinajstić information content (AvgIpc) is 3.16. The Hall–Kier alpha value is -3.15. The number of aryl methyl sites for hydroxylation is 2. The maximum absolute atomic E-state index is 12.8. The fraction of sp³-hybridized carbons (Fsp3) is 0.318. The molecule has 6 heteroatoms. The minimum Gasteiger partial charge on any atom is -0.481 e. The van der Waals surface area contributed by atoms with Crippen molar-refractivity contribution in [1.82, 2.24) is 15.0 Å². The molecule has 6 nitrogen and oxygen atoms in total. The summed E-state index contributed by atoms with van der Waals surface area (Å²) >= 11 is 0. The van der Waals surface area contributed by atoms with Crippen LogP contribution in [-0.2, 0) is 11.3 Å². The van der Waals surface area contributed by atoms with Crippen LogP contribution in [0.3, 0.4) is 0 Å². The number of carbonyl (C=O) groups excluding carboxylic acids is 1. The highest BCUT2D eigenvalue weighted by Crippen LogP contribution is 2.18. The molecule has 0 aliphatic heterocycles. The number of hydrogen-bond donors (Lipinski definition) is 0. The maximum Gasteiger partial charge on any atom is 0.263 e. The molecule has 2 aromatic carbocycles. The van der Waals surface area contributed by atoms with Crippen molar-refractivity contribution in [2.45, 2.75) is 39.8 Å². The number of nitrogens with zero attached hydrogens (tertiary/aromatic N) is 3. The number of amides is 1. The molecule has 0 spiro atoms. The first-order valence-corrected chi connectivity index (χ1v) is 9.34. The lowest BCUT2D eigenvalue weighted by molar-refractivity contribution is -0.138. The zero-order valence-corrected chi connectivity index (χ0v) is 16.7. The van der Waals surface area contributed by atoms with Crippen LogP contribution in [0.15, 0.2) is 53.1 Å². The molecule has 1 atom stereocenters. The van der Waals surface area contributed by atoms with Crippen LogP contribution in [0.2, 0.25) is 0 Å². The van der Waals surface area contributed by atoms with E-state index in [0.29, 0.717) is 23.9 Å². The van der Waals surface area contributed by atoms with Gasteiger partial charge in [-0.2, -0.15) is 4.98 Å². The van der Waals surface area contributed by atoms with Crippen molar-refractivity contribution in [3.63, 3.8) is 0 Å². The second-order valence-electron chi connectivity index (χ2n) is 6.90. The summed E-state index contributed by atoms with van der Waals surface area (Å²) in [6, 6.07) is 15.5. The molecule has 3 aromatic rings. The highest BCUT2D eigenvalue weighted by Gasteiger charge is 2.24. The molecular weight excluding hydrogens is 354 g/mol.